The summed E-state index contributed by atoms with van der Waals surface area (Å²) in [5, 5.41) is 13.5. The minimum absolute atomic E-state index is 0.0279. The molecule has 24 heavy (non-hydrogen) atoms. The third kappa shape index (κ3) is 4.32. The predicted molar refractivity (Wildman–Crippen MR) is 90.5 cm³/mol. The van der Waals surface area contributed by atoms with Gasteiger partial charge in [-0.05, 0) is 25.0 Å². The summed E-state index contributed by atoms with van der Waals surface area (Å²) in [5.74, 6) is 0.833. The SMILES string of the molecule is O=C(CCCn1ccnc1)NC[C@@]1(O)CCN(c2ccccn2)C1. The molecular formula is C17H23N5O2. The van der Waals surface area contributed by atoms with Crippen LogP contribution >= 0.6 is 0 Å². The van der Waals surface area contributed by atoms with Crippen LogP contribution in [0.3, 0.4) is 0 Å². The molecule has 128 valence electrons. The van der Waals surface area contributed by atoms with Gasteiger partial charge < -0.3 is 19.9 Å². The molecule has 0 radical (unpaired) electrons. The van der Waals surface area contributed by atoms with Crippen LogP contribution in [0, 0.1) is 0 Å². The summed E-state index contributed by atoms with van der Waals surface area (Å²) in [6.45, 7) is 2.27. The number of aromatic nitrogens is 3. The van der Waals surface area contributed by atoms with E-state index >= 15 is 0 Å². The van der Waals surface area contributed by atoms with Crippen LogP contribution in [0.25, 0.3) is 0 Å². The van der Waals surface area contributed by atoms with Gasteiger partial charge in [0.25, 0.3) is 0 Å². The van der Waals surface area contributed by atoms with Crippen LogP contribution in [0.15, 0.2) is 43.1 Å². The van der Waals surface area contributed by atoms with Crippen molar-refractivity contribution in [1.29, 1.82) is 0 Å². The van der Waals surface area contributed by atoms with Gasteiger partial charge in [0.05, 0.1) is 6.33 Å². The number of anilines is 1. The Labute approximate surface area is 141 Å². The molecule has 1 amide bonds. The lowest BCUT2D eigenvalue weighted by atomic mass is 10.0. The zero-order valence-corrected chi connectivity index (χ0v) is 13.6. The van der Waals surface area contributed by atoms with Crippen molar-refractivity contribution in [3.8, 4) is 0 Å². The van der Waals surface area contributed by atoms with Gasteiger partial charge in [-0.1, -0.05) is 6.07 Å². The van der Waals surface area contributed by atoms with Crippen LogP contribution in [0.2, 0.25) is 0 Å². The number of amides is 1. The predicted octanol–water partition coefficient (Wildman–Crippen LogP) is 0.816. The van der Waals surface area contributed by atoms with E-state index in [2.05, 4.69) is 15.3 Å². The zero-order valence-electron chi connectivity index (χ0n) is 13.6. The van der Waals surface area contributed by atoms with Crippen molar-refractivity contribution in [2.45, 2.75) is 31.4 Å². The van der Waals surface area contributed by atoms with Gasteiger partial charge in [-0.15, -0.1) is 0 Å². The maximum Gasteiger partial charge on any atom is 0.220 e. The Morgan fingerprint density at radius 2 is 2.29 bits per heavy atom. The Kier molecular flexibility index (Phi) is 5.10. The van der Waals surface area contributed by atoms with Crippen LogP contribution < -0.4 is 10.2 Å². The minimum Gasteiger partial charge on any atom is -0.386 e. The van der Waals surface area contributed by atoms with Crippen LogP contribution in [0.4, 0.5) is 5.82 Å². The number of aryl methyl sites for hydroxylation is 1. The van der Waals surface area contributed by atoms with Gasteiger partial charge in [0.1, 0.15) is 11.4 Å². The molecule has 1 aliphatic rings. The summed E-state index contributed by atoms with van der Waals surface area (Å²) in [6.07, 6.45) is 8.91. The van der Waals surface area contributed by atoms with Crippen LogP contribution in [0.5, 0.6) is 0 Å². The van der Waals surface area contributed by atoms with Gasteiger partial charge in [0.2, 0.25) is 5.91 Å². The number of aliphatic hydroxyl groups is 1. The Morgan fingerprint density at radius 3 is 3.04 bits per heavy atom. The van der Waals surface area contributed by atoms with E-state index in [9.17, 15) is 9.90 Å². The molecule has 2 aromatic heterocycles. The average Bonchev–Trinajstić information content (AvgIpc) is 3.24. The van der Waals surface area contributed by atoms with Gasteiger partial charge in [0, 0.05) is 51.2 Å². The molecule has 1 aliphatic heterocycles. The lowest BCUT2D eigenvalue weighted by Crippen LogP contribution is -2.45. The van der Waals surface area contributed by atoms with Gasteiger partial charge >= 0.3 is 0 Å². The highest BCUT2D eigenvalue weighted by atomic mass is 16.3. The third-order valence-electron chi connectivity index (χ3n) is 4.30. The van der Waals surface area contributed by atoms with E-state index in [1.807, 2.05) is 33.9 Å². The third-order valence-corrected chi connectivity index (χ3v) is 4.30. The van der Waals surface area contributed by atoms with E-state index in [0.717, 1.165) is 25.3 Å². The molecule has 0 bridgehead atoms. The smallest absolute Gasteiger partial charge is 0.220 e. The van der Waals surface area contributed by atoms with E-state index in [1.165, 1.54) is 0 Å². The number of rotatable bonds is 7. The topological polar surface area (TPSA) is 83.3 Å². The number of carbonyl (C=O) groups is 1. The molecule has 2 aromatic rings. The van der Waals surface area contributed by atoms with Gasteiger partial charge in [0.15, 0.2) is 0 Å². The maximum absolute atomic E-state index is 11.9. The monoisotopic (exact) mass is 329 g/mol. The molecule has 2 N–H and O–H groups in total. The molecule has 3 rings (SSSR count). The van der Waals surface area contributed by atoms with Crippen molar-refractivity contribution >= 4 is 11.7 Å². The normalized spacial score (nSPS) is 20.3. The lowest BCUT2D eigenvalue weighted by Gasteiger charge is -2.24. The Morgan fingerprint density at radius 1 is 1.38 bits per heavy atom. The van der Waals surface area contributed by atoms with Crippen molar-refractivity contribution in [1.82, 2.24) is 19.9 Å². The number of nitrogens with one attached hydrogen (secondary N) is 1. The molecule has 0 aromatic carbocycles. The molecule has 1 saturated heterocycles. The highest BCUT2D eigenvalue weighted by Gasteiger charge is 2.36. The minimum atomic E-state index is -0.891. The Balaban J connectivity index is 1.40. The average molecular weight is 329 g/mol. The highest BCUT2D eigenvalue weighted by molar-refractivity contribution is 5.75. The quantitative estimate of drug-likeness (QED) is 0.786. The van der Waals surface area contributed by atoms with Crippen LogP contribution in [-0.2, 0) is 11.3 Å². The van der Waals surface area contributed by atoms with E-state index < -0.39 is 5.60 Å². The van der Waals surface area contributed by atoms with Gasteiger partial charge in [-0.25, -0.2) is 9.97 Å². The summed E-state index contributed by atoms with van der Waals surface area (Å²) in [5.41, 5.74) is -0.891. The summed E-state index contributed by atoms with van der Waals surface area (Å²) in [4.78, 5) is 22.3. The second-order valence-electron chi connectivity index (χ2n) is 6.26. The Bertz CT molecular complexity index is 646. The first-order valence-electron chi connectivity index (χ1n) is 8.25. The number of hydrogen-bond donors (Lipinski definition) is 2. The molecule has 3 heterocycles. The number of hydrogen-bond acceptors (Lipinski definition) is 5. The van der Waals surface area contributed by atoms with Gasteiger partial charge in [-0.3, -0.25) is 4.79 Å². The second kappa shape index (κ2) is 7.44. The fourth-order valence-corrected chi connectivity index (χ4v) is 2.93. The number of carbonyl (C=O) groups excluding carboxylic acids is 1. The molecule has 0 saturated carbocycles. The van der Waals surface area contributed by atoms with Crippen LogP contribution in [0.1, 0.15) is 19.3 Å². The van der Waals surface area contributed by atoms with Crippen molar-refractivity contribution in [2.75, 3.05) is 24.5 Å². The summed E-state index contributed by atoms with van der Waals surface area (Å²) >= 11 is 0. The zero-order chi connectivity index (χ0) is 16.8. The largest absolute Gasteiger partial charge is 0.386 e. The summed E-state index contributed by atoms with van der Waals surface area (Å²) in [6, 6.07) is 5.73. The first-order chi connectivity index (χ1) is 11.6. The van der Waals surface area contributed by atoms with Crippen LogP contribution in [-0.4, -0.2) is 50.8 Å². The first kappa shape index (κ1) is 16.4. The summed E-state index contributed by atoms with van der Waals surface area (Å²) in [7, 11) is 0. The molecule has 7 nitrogen and oxygen atoms in total. The number of imidazole rings is 1. The van der Waals surface area contributed by atoms with Crippen molar-refractivity contribution in [3.05, 3.63) is 43.1 Å². The first-order valence-corrected chi connectivity index (χ1v) is 8.25. The van der Waals surface area contributed by atoms with E-state index in [-0.39, 0.29) is 12.5 Å². The van der Waals surface area contributed by atoms with E-state index in [0.29, 0.717) is 19.4 Å². The van der Waals surface area contributed by atoms with Crippen molar-refractivity contribution in [2.24, 2.45) is 0 Å². The number of nitrogens with zero attached hydrogens (tertiary/aromatic N) is 4. The maximum atomic E-state index is 11.9. The van der Waals surface area contributed by atoms with Crippen molar-refractivity contribution in [3.63, 3.8) is 0 Å². The summed E-state index contributed by atoms with van der Waals surface area (Å²) < 4.78 is 1.95. The molecular weight excluding hydrogens is 306 g/mol. The molecule has 1 atom stereocenters. The van der Waals surface area contributed by atoms with Crippen molar-refractivity contribution < 1.29 is 9.90 Å². The second-order valence-corrected chi connectivity index (χ2v) is 6.26. The molecule has 0 spiro atoms. The highest BCUT2D eigenvalue weighted by Crippen LogP contribution is 2.24. The molecule has 0 unspecified atom stereocenters. The fourth-order valence-electron chi connectivity index (χ4n) is 2.93. The lowest BCUT2D eigenvalue weighted by molar-refractivity contribution is -0.122. The fraction of sp³-hybridized carbons (Fsp3) is 0.471. The Hall–Kier alpha value is -2.41. The van der Waals surface area contributed by atoms with Gasteiger partial charge in [-0.2, -0.15) is 0 Å². The number of pyridine rings is 1. The molecule has 1 fully saturated rings. The van der Waals surface area contributed by atoms with E-state index in [1.54, 1.807) is 18.7 Å². The standard InChI is InChI=1S/C17H23N5O2/c23-16(5-3-9-21-11-8-18-14-21)20-12-17(24)6-10-22(13-17)15-4-1-2-7-19-15/h1-2,4,7-8,11,14,24H,3,5-6,9-10,12-13H2,(H,20,23)/t17-/m0/s1. The molecule has 0 aliphatic carbocycles. The van der Waals surface area contributed by atoms with E-state index in [4.69, 9.17) is 0 Å². The molecule has 7 heteroatoms. The number of β-amino-alcohol motifs (C(OH)–C–C–N with tert-alkyl or cyclic N) is 1.